The van der Waals surface area contributed by atoms with Gasteiger partial charge < -0.3 is 5.73 Å². The fourth-order valence-electron chi connectivity index (χ4n) is 2.90. The maximum atomic E-state index is 12.8. The highest BCUT2D eigenvalue weighted by Gasteiger charge is 2.40. The van der Waals surface area contributed by atoms with Crippen molar-refractivity contribution >= 4 is 27.3 Å². The molecule has 6 heteroatoms. The van der Waals surface area contributed by atoms with E-state index in [1.54, 1.807) is 11.2 Å². The van der Waals surface area contributed by atoms with E-state index in [0.717, 1.165) is 19.3 Å². The molecule has 1 aromatic rings. The summed E-state index contributed by atoms with van der Waals surface area (Å²) in [4.78, 5) is 0.193. The first kappa shape index (κ1) is 16.6. The van der Waals surface area contributed by atoms with Crippen molar-refractivity contribution in [3.63, 3.8) is 0 Å². The fraction of sp³-hybridized carbons (Fsp3) is 0.600. The number of nitrogens with zero attached hydrogens (tertiary/aromatic N) is 1. The summed E-state index contributed by atoms with van der Waals surface area (Å²) in [7, 11) is -3.52. The fourth-order valence-corrected chi connectivity index (χ4v) is 4.81. The first-order valence-corrected chi connectivity index (χ1v) is 9.13. The summed E-state index contributed by atoms with van der Waals surface area (Å²) in [6.07, 6.45) is 2.90. The Balaban J connectivity index is 2.36. The zero-order valence-corrected chi connectivity index (χ0v) is 14.4. The molecule has 1 aliphatic rings. The number of rotatable bonds is 4. The standard InChI is InChI=1S/C15H23ClN2O2S/c1-4-15(5-2)6-7-18(10-15)21(19,20)12-8-13(16)11(3)14(17)9-12/h8-9H,4-7,10,17H2,1-3H3. The molecule has 0 saturated carbocycles. The van der Waals surface area contributed by atoms with Gasteiger partial charge in [0, 0.05) is 23.8 Å². The topological polar surface area (TPSA) is 63.4 Å². The molecule has 1 fully saturated rings. The van der Waals surface area contributed by atoms with Crippen molar-refractivity contribution in [3.8, 4) is 0 Å². The van der Waals surface area contributed by atoms with Crippen LogP contribution in [0.2, 0.25) is 5.02 Å². The van der Waals surface area contributed by atoms with Gasteiger partial charge in [0.15, 0.2) is 0 Å². The Morgan fingerprint density at radius 1 is 1.33 bits per heavy atom. The number of nitrogen functional groups attached to an aromatic ring is 1. The molecule has 1 aromatic carbocycles. The number of hydrogen-bond donors (Lipinski definition) is 1. The second-order valence-corrected chi connectivity index (χ2v) is 8.26. The number of benzene rings is 1. The predicted molar refractivity (Wildman–Crippen MR) is 87.0 cm³/mol. The quantitative estimate of drug-likeness (QED) is 0.860. The molecule has 0 atom stereocenters. The number of anilines is 1. The summed E-state index contributed by atoms with van der Waals surface area (Å²) in [5, 5.41) is 0.394. The molecule has 0 radical (unpaired) electrons. The van der Waals surface area contributed by atoms with Crippen molar-refractivity contribution in [2.45, 2.75) is 44.9 Å². The van der Waals surface area contributed by atoms with Crippen LogP contribution in [0.3, 0.4) is 0 Å². The summed E-state index contributed by atoms with van der Waals surface area (Å²) in [6, 6.07) is 3.01. The van der Waals surface area contributed by atoms with Crippen molar-refractivity contribution in [2.75, 3.05) is 18.8 Å². The van der Waals surface area contributed by atoms with E-state index in [1.807, 2.05) is 0 Å². The average molecular weight is 331 g/mol. The monoisotopic (exact) mass is 330 g/mol. The summed E-state index contributed by atoms with van der Waals surface area (Å²) >= 11 is 6.08. The number of nitrogens with two attached hydrogens (primary N) is 1. The first-order valence-electron chi connectivity index (χ1n) is 7.31. The van der Waals surface area contributed by atoms with Gasteiger partial charge in [0.2, 0.25) is 10.0 Å². The SMILES string of the molecule is CCC1(CC)CCN(S(=O)(=O)c2cc(N)c(C)c(Cl)c2)C1. The number of sulfonamides is 1. The smallest absolute Gasteiger partial charge is 0.243 e. The molecule has 0 unspecified atom stereocenters. The summed E-state index contributed by atoms with van der Waals surface area (Å²) in [6.45, 7) is 7.17. The third kappa shape index (κ3) is 2.91. The van der Waals surface area contributed by atoms with E-state index in [2.05, 4.69) is 13.8 Å². The van der Waals surface area contributed by atoms with Crippen LogP contribution in [0.25, 0.3) is 0 Å². The summed E-state index contributed by atoms with van der Waals surface area (Å²) < 4.78 is 27.1. The molecule has 0 aliphatic carbocycles. The molecule has 21 heavy (non-hydrogen) atoms. The Morgan fingerprint density at radius 2 is 1.95 bits per heavy atom. The highest BCUT2D eigenvalue weighted by atomic mass is 35.5. The van der Waals surface area contributed by atoms with Crippen LogP contribution < -0.4 is 5.73 Å². The van der Waals surface area contributed by atoms with Crippen LogP contribution in [0, 0.1) is 12.3 Å². The molecule has 0 bridgehead atoms. The Labute approximate surface area is 132 Å². The summed E-state index contributed by atoms with van der Waals surface area (Å²) in [5.74, 6) is 0. The number of halogens is 1. The van der Waals surface area contributed by atoms with Crippen molar-refractivity contribution in [1.82, 2.24) is 4.31 Å². The molecule has 118 valence electrons. The van der Waals surface area contributed by atoms with Crippen molar-refractivity contribution in [1.29, 1.82) is 0 Å². The highest BCUT2D eigenvalue weighted by molar-refractivity contribution is 7.89. The number of hydrogen-bond acceptors (Lipinski definition) is 3. The van der Waals surface area contributed by atoms with E-state index in [-0.39, 0.29) is 10.3 Å². The highest BCUT2D eigenvalue weighted by Crippen LogP contribution is 2.39. The Kier molecular flexibility index (Phi) is 4.57. The zero-order valence-electron chi connectivity index (χ0n) is 12.8. The van der Waals surface area contributed by atoms with Crippen molar-refractivity contribution < 1.29 is 8.42 Å². The minimum absolute atomic E-state index is 0.104. The molecule has 2 N–H and O–H groups in total. The molecule has 0 amide bonds. The van der Waals surface area contributed by atoms with E-state index in [0.29, 0.717) is 29.4 Å². The zero-order chi connectivity index (χ0) is 15.8. The van der Waals surface area contributed by atoms with Gasteiger partial charge in [0.1, 0.15) is 0 Å². The predicted octanol–water partition coefficient (Wildman–Crippen LogP) is 3.43. The third-order valence-corrected chi connectivity index (χ3v) is 7.11. The molecule has 4 nitrogen and oxygen atoms in total. The molecule has 1 heterocycles. The third-order valence-electron chi connectivity index (χ3n) is 4.90. The summed E-state index contributed by atoms with van der Waals surface area (Å²) in [5.41, 5.74) is 7.09. The minimum atomic E-state index is -3.52. The van der Waals surface area contributed by atoms with Gasteiger partial charge in [-0.15, -0.1) is 0 Å². The van der Waals surface area contributed by atoms with Crippen molar-refractivity contribution in [2.24, 2.45) is 5.41 Å². The van der Waals surface area contributed by atoms with Gasteiger partial charge in [-0.2, -0.15) is 4.31 Å². The maximum Gasteiger partial charge on any atom is 0.243 e. The van der Waals surface area contributed by atoms with Gasteiger partial charge in [0.05, 0.1) is 4.90 Å². The Morgan fingerprint density at radius 3 is 2.43 bits per heavy atom. The molecular formula is C15H23ClN2O2S. The lowest BCUT2D eigenvalue weighted by Crippen LogP contribution is -2.32. The molecule has 1 aliphatic heterocycles. The van der Waals surface area contributed by atoms with Crippen LogP contribution in [-0.4, -0.2) is 25.8 Å². The molecule has 0 aromatic heterocycles. The normalized spacial score (nSPS) is 19.0. The van der Waals surface area contributed by atoms with Crippen LogP contribution in [0.4, 0.5) is 5.69 Å². The van der Waals surface area contributed by atoms with Gasteiger partial charge in [-0.1, -0.05) is 25.4 Å². The maximum absolute atomic E-state index is 12.8. The minimum Gasteiger partial charge on any atom is -0.398 e. The van der Waals surface area contributed by atoms with E-state index >= 15 is 0 Å². The Hall–Kier alpha value is -0.780. The average Bonchev–Trinajstić information content (AvgIpc) is 2.90. The van der Waals surface area contributed by atoms with Crippen LogP contribution >= 0.6 is 11.6 Å². The first-order chi connectivity index (χ1) is 9.75. The van der Waals surface area contributed by atoms with E-state index in [9.17, 15) is 8.42 Å². The van der Waals surface area contributed by atoms with Gasteiger partial charge in [-0.05, 0) is 49.3 Å². The Bertz CT molecular complexity index is 616. The van der Waals surface area contributed by atoms with Gasteiger partial charge in [0.25, 0.3) is 0 Å². The lowest BCUT2D eigenvalue weighted by molar-refractivity contribution is 0.279. The van der Waals surface area contributed by atoms with Crippen LogP contribution in [-0.2, 0) is 10.0 Å². The molecule has 0 spiro atoms. The second-order valence-electron chi connectivity index (χ2n) is 5.92. The van der Waals surface area contributed by atoms with Gasteiger partial charge in [-0.25, -0.2) is 8.42 Å². The van der Waals surface area contributed by atoms with E-state index in [4.69, 9.17) is 17.3 Å². The van der Waals surface area contributed by atoms with Crippen LogP contribution in [0.15, 0.2) is 17.0 Å². The molecule has 1 saturated heterocycles. The molecular weight excluding hydrogens is 308 g/mol. The van der Waals surface area contributed by atoms with E-state index in [1.165, 1.54) is 12.1 Å². The van der Waals surface area contributed by atoms with Gasteiger partial charge in [-0.3, -0.25) is 0 Å². The largest absolute Gasteiger partial charge is 0.398 e. The van der Waals surface area contributed by atoms with Crippen molar-refractivity contribution in [3.05, 3.63) is 22.7 Å². The second kappa shape index (κ2) is 5.78. The van der Waals surface area contributed by atoms with E-state index < -0.39 is 10.0 Å². The van der Waals surface area contributed by atoms with Crippen LogP contribution in [0.5, 0.6) is 0 Å². The lowest BCUT2D eigenvalue weighted by Gasteiger charge is -2.26. The lowest BCUT2D eigenvalue weighted by atomic mass is 9.82. The van der Waals surface area contributed by atoms with Crippen LogP contribution in [0.1, 0.15) is 38.7 Å². The van der Waals surface area contributed by atoms with Gasteiger partial charge >= 0.3 is 0 Å². The molecule has 2 rings (SSSR count).